The van der Waals surface area contributed by atoms with Gasteiger partial charge in [0.15, 0.2) is 0 Å². The number of rotatable bonds is 4. The van der Waals surface area contributed by atoms with Gasteiger partial charge in [0.1, 0.15) is 0 Å². The molecule has 0 aliphatic carbocycles. The summed E-state index contributed by atoms with van der Waals surface area (Å²) < 4.78 is 3.64. The lowest BCUT2D eigenvalue weighted by Gasteiger charge is -2.03. The van der Waals surface area contributed by atoms with Crippen LogP contribution < -0.4 is 5.32 Å². The third-order valence-corrected chi connectivity index (χ3v) is 1.85. The van der Waals surface area contributed by atoms with Gasteiger partial charge in [-0.05, 0) is 17.6 Å². The van der Waals surface area contributed by atoms with Crippen molar-refractivity contribution in [1.29, 1.82) is 0 Å². The lowest BCUT2D eigenvalue weighted by molar-refractivity contribution is 0.607. The molecule has 0 bridgehead atoms. The van der Waals surface area contributed by atoms with Crippen LogP contribution in [-0.2, 0) is 0 Å². The first-order chi connectivity index (χ1) is 5.29. The van der Waals surface area contributed by atoms with Gasteiger partial charge in [0.2, 0.25) is 5.13 Å². The topological polar surface area (TPSA) is 50.7 Å². The van der Waals surface area contributed by atoms with Crippen molar-refractivity contribution in [2.45, 2.75) is 20.3 Å². The summed E-state index contributed by atoms with van der Waals surface area (Å²) in [4.78, 5) is 0. The highest BCUT2D eigenvalue weighted by Gasteiger charge is 1.96. The summed E-state index contributed by atoms with van der Waals surface area (Å²) in [5.41, 5.74) is 0. The number of aromatic nitrogens is 3. The van der Waals surface area contributed by atoms with Gasteiger partial charge in [-0.15, -0.1) is 0 Å². The molecule has 0 aliphatic heterocycles. The predicted molar refractivity (Wildman–Crippen MR) is 45.6 cm³/mol. The van der Waals surface area contributed by atoms with Crippen molar-refractivity contribution in [3.8, 4) is 0 Å². The van der Waals surface area contributed by atoms with Crippen molar-refractivity contribution in [3.05, 3.63) is 0 Å². The fraction of sp³-hybridized carbons (Fsp3) is 0.833. The molecule has 0 aromatic carbocycles. The Morgan fingerprint density at radius 3 is 2.91 bits per heavy atom. The summed E-state index contributed by atoms with van der Waals surface area (Å²) >= 11 is 1.29. The molecular weight excluding hydrogens is 160 g/mol. The smallest absolute Gasteiger partial charge is 0.225 e. The zero-order valence-corrected chi connectivity index (χ0v) is 7.56. The van der Waals surface area contributed by atoms with Crippen molar-refractivity contribution >= 4 is 16.7 Å². The standard InChI is InChI=1S/C6H12N4S/c1-5(2)3-4-7-6-8-9-10-11-6/h5H,3-4H2,1-2H3,(H,7,8,10). The van der Waals surface area contributed by atoms with Gasteiger partial charge in [0, 0.05) is 18.1 Å². The van der Waals surface area contributed by atoms with Gasteiger partial charge in [0.05, 0.1) is 0 Å². The van der Waals surface area contributed by atoms with E-state index in [-0.39, 0.29) is 0 Å². The Labute approximate surface area is 70.2 Å². The lowest BCUT2D eigenvalue weighted by atomic mass is 10.1. The molecule has 1 heterocycles. The number of nitrogens with one attached hydrogen (secondary N) is 1. The van der Waals surface area contributed by atoms with Crippen LogP contribution in [0.1, 0.15) is 20.3 Å². The first kappa shape index (κ1) is 8.39. The van der Waals surface area contributed by atoms with E-state index >= 15 is 0 Å². The second-order valence-corrected chi connectivity index (χ2v) is 3.51. The summed E-state index contributed by atoms with van der Waals surface area (Å²) in [5, 5.41) is 11.2. The monoisotopic (exact) mass is 172 g/mol. The van der Waals surface area contributed by atoms with E-state index in [9.17, 15) is 0 Å². The molecule has 5 heteroatoms. The fourth-order valence-corrected chi connectivity index (χ4v) is 1.06. The average molecular weight is 172 g/mol. The van der Waals surface area contributed by atoms with Crippen LogP contribution in [0.4, 0.5) is 5.13 Å². The molecule has 0 aliphatic rings. The SMILES string of the molecule is CC(C)CCNc1nnns1. The normalized spacial score (nSPS) is 10.5. The van der Waals surface area contributed by atoms with Gasteiger partial charge in [-0.25, -0.2) is 0 Å². The Morgan fingerprint density at radius 1 is 1.55 bits per heavy atom. The zero-order chi connectivity index (χ0) is 8.10. The molecule has 0 radical (unpaired) electrons. The van der Waals surface area contributed by atoms with E-state index in [0.29, 0.717) is 0 Å². The molecule has 11 heavy (non-hydrogen) atoms. The molecule has 0 spiro atoms. The second kappa shape index (κ2) is 4.23. The van der Waals surface area contributed by atoms with E-state index in [0.717, 1.165) is 24.0 Å². The Morgan fingerprint density at radius 2 is 2.36 bits per heavy atom. The largest absolute Gasteiger partial charge is 0.359 e. The Bertz CT molecular complexity index is 184. The van der Waals surface area contributed by atoms with Crippen LogP contribution >= 0.6 is 11.5 Å². The lowest BCUT2D eigenvalue weighted by Crippen LogP contribution is -2.04. The van der Waals surface area contributed by atoms with Gasteiger partial charge in [-0.2, -0.15) is 0 Å². The summed E-state index contributed by atoms with van der Waals surface area (Å²) in [6, 6.07) is 0. The molecule has 1 N–H and O–H groups in total. The molecule has 0 amide bonds. The molecule has 0 saturated heterocycles. The van der Waals surface area contributed by atoms with Crippen molar-refractivity contribution in [3.63, 3.8) is 0 Å². The van der Waals surface area contributed by atoms with Gasteiger partial charge < -0.3 is 5.32 Å². The minimum atomic E-state index is 0.725. The molecular formula is C6H12N4S. The predicted octanol–water partition coefficient (Wildman–Crippen LogP) is 1.39. The zero-order valence-electron chi connectivity index (χ0n) is 6.74. The van der Waals surface area contributed by atoms with E-state index in [1.54, 1.807) is 0 Å². The van der Waals surface area contributed by atoms with E-state index in [2.05, 4.69) is 34.0 Å². The number of anilines is 1. The van der Waals surface area contributed by atoms with Crippen LogP contribution in [0.15, 0.2) is 0 Å². The van der Waals surface area contributed by atoms with E-state index in [4.69, 9.17) is 0 Å². The Kier molecular flexibility index (Phi) is 3.22. The van der Waals surface area contributed by atoms with Crippen molar-refractivity contribution in [2.24, 2.45) is 5.92 Å². The fourth-order valence-electron chi connectivity index (χ4n) is 0.669. The molecule has 1 aromatic rings. The number of hydrogen-bond donors (Lipinski definition) is 1. The van der Waals surface area contributed by atoms with E-state index in [1.165, 1.54) is 11.5 Å². The highest BCUT2D eigenvalue weighted by Crippen LogP contribution is 2.06. The van der Waals surface area contributed by atoms with E-state index < -0.39 is 0 Å². The second-order valence-electron chi connectivity index (χ2n) is 2.78. The van der Waals surface area contributed by atoms with Crippen LogP contribution in [0.25, 0.3) is 0 Å². The summed E-state index contributed by atoms with van der Waals surface area (Å²) in [7, 11) is 0. The molecule has 0 unspecified atom stereocenters. The maximum Gasteiger partial charge on any atom is 0.225 e. The molecule has 4 nitrogen and oxygen atoms in total. The van der Waals surface area contributed by atoms with Crippen molar-refractivity contribution in [1.82, 2.24) is 14.8 Å². The Hall–Kier alpha value is -0.710. The molecule has 62 valence electrons. The minimum Gasteiger partial charge on any atom is -0.359 e. The summed E-state index contributed by atoms with van der Waals surface area (Å²) in [5.74, 6) is 0.725. The van der Waals surface area contributed by atoms with Crippen LogP contribution in [0.3, 0.4) is 0 Å². The molecule has 1 aromatic heterocycles. The van der Waals surface area contributed by atoms with Crippen molar-refractivity contribution < 1.29 is 0 Å². The minimum absolute atomic E-state index is 0.725. The maximum absolute atomic E-state index is 3.76. The van der Waals surface area contributed by atoms with Crippen LogP contribution in [-0.4, -0.2) is 21.3 Å². The highest BCUT2D eigenvalue weighted by atomic mass is 32.1. The van der Waals surface area contributed by atoms with Crippen LogP contribution in [0.2, 0.25) is 0 Å². The number of nitrogens with zero attached hydrogens (tertiary/aromatic N) is 3. The molecule has 0 saturated carbocycles. The highest BCUT2D eigenvalue weighted by molar-refractivity contribution is 7.09. The van der Waals surface area contributed by atoms with Crippen LogP contribution in [0, 0.1) is 5.92 Å². The van der Waals surface area contributed by atoms with Crippen LogP contribution in [0.5, 0.6) is 0 Å². The quantitative estimate of drug-likeness (QED) is 0.745. The third-order valence-electron chi connectivity index (χ3n) is 1.30. The maximum atomic E-state index is 3.76. The van der Waals surface area contributed by atoms with Crippen molar-refractivity contribution in [2.75, 3.05) is 11.9 Å². The first-order valence-electron chi connectivity index (χ1n) is 3.68. The summed E-state index contributed by atoms with van der Waals surface area (Å²) in [6.07, 6.45) is 1.15. The van der Waals surface area contributed by atoms with Gasteiger partial charge in [-0.3, -0.25) is 0 Å². The third kappa shape index (κ3) is 3.27. The molecule has 0 atom stereocenters. The van der Waals surface area contributed by atoms with Gasteiger partial charge in [0.25, 0.3) is 0 Å². The number of hydrogen-bond acceptors (Lipinski definition) is 5. The average Bonchev–Trinajstić information content (AvgIpc) is 2.39. The van der Waals surface area contributed by atoms with Gasteiger partial charge in [-0.1, -0.05) is 23.4 Å². The first-order valence-corrected chi connectivity index (χ1v) is 4.45. The van der Waals surface area contributed by atoms with E-state index in [1.807, 2.05) is 0 Å². The van der Waals surface area contributed by atoms with Gasteiger partial charge >= 0.3 is 0 Å². The molecule has 1 rings (SSSR count). The molecule has 0 fully saturated rings. The Balaban J connectivity index is 2.14. The summed E-state index contributed by atoms with van der Waals surface area (Å²) in [6.45, 7) is 5.34.